The van der Waals surface area contributed by atoms with E-state index in [4.69, 9.17) is 0 Å². The monoisotopic (exact) mass is 342 g/mol. The maximum absolute atomic E-state index is 13.1. The number of likely N-dealkylation sites (tertiary alicyclic amines) is 3. The summed E-state index contributed by atoms with van der Waals surface area (Å²) in [6.07, 6.45) is 8.45. The highest BCUT2D eigenvalue weighted by atomic mass is 16.2. The highest BCUT2D eigenvalue weighted by molar-refractivity contribution is 5.86. The Morgan fingerprint density at radius 1 is 1.08 bits per heavy atom. The summed E-state index contributed by atoms with van der Waals surface area (Å²) in [6.45, 7) is 4.50. The summed E-state index contributed by atoms with van der Waals surface area (Å²) >= 11 is 0. The summed E-state index contributed by atoms with van der Waals surface area (Å²) in [5, 5.41) is 0. The average molecular weight is 342 g/mol. The predicted molar refractivity (Wildman–Crippen MR) is 93.7 cm³/mol. The third-order valence-electron chi connectivity index (χ3n) is 5.92. The number of carbonyl (C=O) groups is 2. The number of rotatable bonds is 2. The topological polar surface area (TPSA) is 56.8 Å². The summed E-state index contributed by atoms with van der Waals surface area (Å²) in [4.78, 5) is 35.8. The quantitative estimate of drug-likeness (QED) is 0.827. The lowest BCUT2D eigenvalue weighted by molar-refractivity contribution is -0.138. The molecule has 0 saturated carbocycles. The first-order valence-corrected chi connectivity index (χ1v) is 9.40. The van der Waals surface area contributed by atoms with Crippen molar-refractivity contribution < 1.29 is 9.59 Å². The summed E-state index contributed by atoms with van der Waals surface area (Å²) < 4.78 is 0. The van der Waals surface area contributed by atoms with Crippen LogP contribution in [0.5, 0.6) is 0 Å². The molecule has 3 saturated heterocycles. The standard InChI is InChI=1S/C19H26N4O2/c24-17-19(7-12-22(17)14-16-5-3-8-20-13-16)6-4-11-23(15-19)18(25)21-9-1-2-10-21/h3,5,8,13H,1-2,4,6-7,9-12,14-15H2. The SMILES string of the molecule is O=C(N1CCCC1)N1CCCC2(CCN(Cc3cccnc3)C2=O)C1. The zero-order chi connectivity index (χ0) is 17.3. The molecule has 134 valence electrons. The first-order valence-electron chi connectivity index (χ1n) is 9.40. The average Bonchev–Trinajstić information content (AvgIpc) is 3.28. The van der Waals surface area contributed by atoms with Crippen LogP contribution in [0.1, 0.15) is 37.7 Å². The molecule has 1 spiro atoms. The van der Waals surface area contributed by atoms with E-state index in [1.54, 1.807) is 6.20 Å². The first kappa shape index (κ1) is 16.4. The Hall–Kier alpha value is -2.11. The molecule has 6 nitrogen and oxygen atoms in total. The number of hydrogen-bond acceptors (Lipinski definition) is 3. The fourth-order valence-electron chi connectivity index (χ4n) is 4.54. The van der Waals surface area contributed by atoms with Crippen LogP contribution in [0.25, 0.3) is 0 Å². The van der Waals surface area contributed by atoms with Gasteiger partial charge < -0.3 is 14.7 Å². The van der Waals surface area contributed by atoms with Gasteiger partial charge in [0.05, 0.1) is 5.41 Å². The number of piperidine rings is 1. The number of urea groups is 1. The molecule has 1 aromatic heterocycles. The minimum atomic E-state index is -0.365. The third-order valence-corrected chi connectivity index (χ3v) is 5.92. The van der Waals surface area contributed by atoms with Gasteiger partial charge in [-0.05, 0) is 43.7 Å². The van der Waals surface area contributed by atoms with E-state index >= 15 is 0 Å². The fourth-order valence-corrected chi connectivity index (χ4v) is 4.54. The van der Waals surface area contributed by atoms with Crippen LogP contribution < -0.4 is 0 Å². The van der Waals surface area contributed by atoms with E-state index in [-0.39, 0.29) is 17.4 Å². The summed E-state index contributed by atoms with van der Waals surface area (Å²) in [5.74, 6) is 0.218. The molecule has 0 aliphatic carbocycles. The van der Waals surface area contributed by atoms with Crippen molar-refractivity contribution in [2.24, 2.45) is 5.41 Å². The lowest BCUT2D eigenvalue weighted by Crippen LogP contribution is -2.52. The van der Waals surface area contributed by atoms with Gasteiger partial charge in [0.2, 0.25) is 5.91 Å². The van der Waals surface area contributed by atoms with E-state index in [1.807, 2.05) is 33.0 Å². The minimum Gasteiger partial charge on any atom is -0.338 e. The van der Waals surface area contributed by atoms with Crippen LogP contribution in [-0.4, -0.2) is 64.3 Å². The Morgan fingerprint density at radius 2 is 1.88 bits per heavy atom. The maximum Gasteiger partial charge on any atom is 0.320 e. The number of pyridine rings is 1. The van der Waals surface area contributed by atoms with Gasteiger partial charge >= 0.3 is 6.03 Å². The Morgan fingerprint density at radius 3 is 2.64 bits per heavy atom. The van der Waals surface area contributed by atoms with E-state index in [9.17, 15) is 9.59 Å². The largest absolute Gasteiger partial charge is 0.338 e. The Bertz CT molecular complexity index is 644. The summed E-state index contributed by atoms with van der Waals surface area (Å²) in [5.41, 5.74) is 0.698. The van der Waals surface area contributed by atoms with Gasteiger partial charge in [-0.3, -0.25) is 9.78 Å². The normalized spacial score (nSPS) is 26.7. The molecule has 4 heterocycles. The molecule has 1 aromatic rings. The van der Waals surface area contributed by atoms with Crippen molar-refractivity contribution in [2.45, 2.75) is 38.6 Å². The van der Waals surface area contributed by atoms with Crippen molar-refractivity contribution in [2.75, 3.05) is 32.7 Å². The van der Waals surface area contributed by atoms with E-state index in [2.05, 4.69) is 4.98 Å². The molecule has 0 aromatic carbocycles. The Labute approximate surface area is 148 Å². The molecule has 0 N–H and O–H groups in total. The van der Waals surface area contributed by atoms with Crippen molar-refractivity contribution in [3.8, 4) is 0 Å². The van der Waals surface area contributed by atoms with Crippen molar-refractivity contribution in [3.63, 3.8) is 0 Å². The number of carbonyl (C=O) groups excluding carboxylic acids is 2. The number of nitrogens with zero attached hydrogens (tertiary/aromatic N) is 4. The van der Waals surface area contributed by atoms with E-state index in [0.29, 0.717) is 13.1 Å². The molecule has 0 bridgehead atoms. The van der Waals surface area contributed by atoms with Gasteiger partial charge in [-0.1, -0.05) is 6.07 Å². The number of hydrogen-bond donors (Lipinski definition) is 0. The van der Waals surface area contributed by atoms with Crippen LogP contribution in [0.4, 0.5) is 4.79 Å². The third kappa shape index (κ3) is 3.10. The van der Waals surface area contributed by atoms with Crippen LogP contribution >= 0.6 is 0 Å². The molecule has 0 radical (unpaired) electrons. The second-order valence-electron chi connectivity index (χ2n) is 7.62. The van der Waals surface area contributed by atoms with E-state index in [1.165, 1.54) is 0 Å². The molecule has 4 rings (SSSR count). The van der Waals surface area contributed by atoms with Crippen LogP contribution in [0.15, 0.2) is 24.5 Å². The van der Waals surface area contributed by atoms with Crippen molar-refractivity contribution in [3.05, 3.63) is 30.1 Å². The second kappa shape index (κ2) is 6.65. The van der Waals surface area contributed by atoms with Gasteiger partial charge in [-0.15, -0.1) is 0 Å². The zero-order valence-electron chi connectivity index (χ0n) is 14.7. The minimum absolute atomic E-state index is 0.134. The second-order valence-corrected chi connectivity index (χ2v) is 7.62. The lowest BCUT2D eigenvalue weighted by atomic mass is 9.78. The maximum atomic E-state index is 13.1. The Kier molecular flexibility index (Phi) is 4.36. The van der Waals surface area contributed by atoms with Crippen molar-refractivity contribution in [1.82, 2.24) is 19.7 Å². The van der Waals surface area contributed by atoms with Gasteiger partial charge in [-0.2, -0.15) is 0 Å². The molecule has 1 unspecified atom stereocenters. The zero-order valence-corrected chi connectivity index (χ0v) is 14.7. The first-order chi connectivity index (χ1) is 12.2. The van der Waals surface area contributed by atoms with Crippen LogP contribution in [0.2, 0.25) is 0 Å². The van der Waals surface area contributed by atoms with Gasteiger partial charge in [0.1, 0.15) is 0 Å². The molecular formula is C19H26N4O2. The molecule has 3 aliphatic heterocycles. The van der Waals surface area contributed by atoms with E-state index < -0.39 is 0 Å². The lowest BCUT2D eigenvalue weighted by Gasteiger charge is -2.40. The van der Waals surface area contributed by atoms with Gasteiger partial charge in [0.25, 0.3) is 0 Å². The van der Waals surface area contributed by atoms with Gasteiger partial charge in [-0.25, -0.2) is 4.79 Å². The van der Waals surface area contributed by atoms with E-state index in [0.717, 1.165) is 63.8 Å². The molecule has 3 amide bonds. The molecule has 1 atom stereocenters. The highest BCUT2D eigenvalue weighted by Crippen LogP contribution is 2.41. The molecule has 3 fully saturated rings. The summed E-state index contributed by atoms with van der Waals surface area (Å²) in [7, 11) is 0. The molecule has 3 aliphatic rings. The smallest absolute Gasteiger partial charge is 0.320 e. The van der Waals surface area contributed by atoms with Crippen LogP contribution in [0.3, 0.4) is 0 Å². The predicted octanol–water partition coefficient (Wildman–Crippen LogP) is 2.11. The molecular weight excluding hydrogens is 316 g/mol. The van der Waals surface area contributed by atoms with Crippen LogP contribution in [-0.2, 0) is 11.3 Å². The van der Waals surface area contributed by atoms with Gasteiger partial charge in [0.15, 0.2) is 0 Å². The van der Waals surface area contributed by atoms with Crippen LogP contribution in [0, 0.1) is 5.41 Å². The number of aromatic nitrogens is 1. The molecule has 6 heteroatoms. The molecule has 25 heavy (non-hydrogen) atoms. The summed E-state index contributed by atoms with van der Waals surface area (Å²) in [6, 6.07) is 4.05. The highest BCUT2D eigenvalue weighted by Gasteiger charge is 2.49. The number of amides is 3. The van der Waals surface area contributed by atoms with Crippen molar-refractivity contribution in [1.29, 1.82) is 0 Å². The van der Waals surface area contributed by atoms with Gasteiger partial charge in [0, 0.05) is 51.7 Å². The fraction of sp³-hybridized carbons (Fsp3) is 0.632. The Balaban J connectivity index is 1.44. The van der Waals surface area contributed by atoms with Crippen molar-refractivity contribution >= 4 is 11.9 Å².